The summed E-state index contributed by atoms with van der Waals surface area (Å²) < 4.78 is 15.9. The smallest absolute Gasteiger partial charge is 0.229 e. The topological polar surface area (TPSA) is 85.8 Å². The van der Waals surface area contributed by atoms with Gasteiger partial charge in [0.1, 0.15) is 11.5 Å². The van der Waals surface area contributed by atoms with Crippen LogP contribution in [0.4, 0.5) is 10.3 Å². The number of nitrogens with zero attached hydrogens (tertiary/aromatic N) is 4. The molecule has 0 saturated heterocycles. The fourth-order valence-corrected chi connectivity index (χ4v) is 5.16. The fraction of sp³-hybridized carbons (Fsp3) is 0.357. The van der Waals surface area contributed by atoms with Gasteiger partial charge in [0, 0.05) is 47.5 Å². The Balaban J connectivity index is 1.52. The normalized spacial score (nSPS) is 19.8. The van der Waals surface area contributed by atoms with Gasteiger partial charge in [-0.1, -0.05) is 13.0 Å². The van der Waals surface area contributed by atoms with Gasteiger partial charge in [0.2, 0.25) is 5.95 Å². The van der Waals surface area contributed by atoms with E-state index in [1.54, 1.807) is 6.07 Å². The molecule has 0 spiro atoms. The zero-order chi connectivity index (χ0) is 26.2. The highest BCUT2D eigenvalue weighted by Crippen LogP contribution is 2.34. The standard InChI is InChI=1S/C28H35FN8/c1-6-31-24-16-19(9-11-28(24,30-2)12-14-36(3)4)33-27-34-25(21-10-13-32-26(21)35-27)22-17-37(5)23-15-18(29)7-8-20(22)23/h7-11,13,15-17,24,30-31H,6,12,14H2,1-5H3,(H2,32,33,34,35). The number of likely N-dealkylation sites (N-methyl/N-ethyl adjacent to an activating group) is 2. The quantitative estimate of drug-likeness (QED) is 0.277. The molecule has 4 N–H and O–H groups in total. The molecule has 0 radical (unpaired) electrons. The van der Waals surface area contributed by atoms with Crippen molar-refractivity contribution in [3.63, 3.8) is 0 Å². The van der Waals surface area contributed by atoms with Crippen LogP contribution in [-0.2, 0) is 7.05 Å². The monoisotopic (exact) mass is 502 g/mol. The van der Waals surface area contributed by atoms with Crippen molar-refractivity contribution in [3.05, 3.63) is 66.4 Å². The van der Waals surface area contributed by atoms with Crippen LogP contribution in [0.1, 0.15) is 13.3 Å². The van der Waals surface area contributed by atoms with Crippen molar-refractivity contribution < 1.29 is 4.39 Å². The van der Waals surface area contributed by atoms with Crippen molar-refractivity contribution in [1.29, 1.82) is 0 Å². The van der Waals surface area contributed by atoms with E-state index < -0.39 is 0 Å². The van der Waals surface area contributed by atoms with Crippen LogP contribution < -0.4 is 16.0 Å². The summed E-state index contributed by atoms with van der Waals surface area (Å²) >= 11 is 0. The van der Waals surface area contributed by atoms with Crippen molar-refractivity contribution in [2.45, 2.75) is 24.9 Å². The van der Waals surface area contributed by atoms with E-state index in [9.17, 15) is 4.39 Å². The van der Waals surface area contributed by atoms with E-state index in [2.05, 4.69) is 65.1 Å². The summed E-state index contributed by atoms with van der Waals surface area (Å²) in [5, 5.41) is 12.5. The maximum atomic E-state index is 13.9. The third-order valence-electron chi connectivity index (χ3n) is 7.20. The first-order chi connectivity index (χ1) is 17.8. The Kier molecular flexibility index (Phi) is 6.85. The van der Waals surface area contributed by atoms with Crippen molar-refractivity contribution in [3.8, 4) is 11.3 Å². The molecule has 1 aliphatic rings. The number of nitrogens with one attached hydrogen (secondary N) is 4. The van der Waals surface area contributed by atoms with Gasteiger partial charge >= 0.3 is 0 Å². The summed E-state index contributed by atoms with van der Waals surface area (Å²) in [5.74, 6) is 0.243. The van der Waals surface area contributed by atoms with Gasteiger partial charge in [0.25, 0.3) is 0 Å². The Bertz CT molecular complexity index is 1480. The minimum Gasteiger partial charge on any atom is -0.350 e. The Morgan fingerprint density at radius 2 is 2.03 bits per heavy atom. The minimum atomic E-state index is -0.258. The number of aromatic amines is 1. The highest BCUT2D eigenvalue weighted by atomic mass is 19.1. The molecule has 0 saturated carbocycles. The van der Waals surface area contributed by atoms with Crippen LogP contribution >= 0.6 is 0 Å². The molecule has 0 fully saturated rings. The van der Waals surface area contributed by atoms with Gasteiger partial charge in [-0.2, -0.15) is 4.98 Å². The molecule has 2 unspecified atom stereocenters. The van der Waals surface area contributed by atoms with Gasteiger partial charge in [0.05, 0.1) is 16.7 Å². The summed E-state index contributed by atoms with van der Waals surface area (Å²) in [7, 11) is 8.13. The largest absolute Gasteiger partial charge is 0.350 e. The second-order valence-electron chi connectivity index (χ2n) is 9.91. The molecule has 0 amide bonds. The lowest BCUT2D eigenvalue weighted by Gasteiger charge is -2.40. The van der Waals surface area contributed by atoms with Crippen LogP contribution in [0.5, 0.6) is 0 Å². The Labute approximate surface area is 216 Å². The second-order valence-corrected chi connectivity index (χ2v) is 9.91. The third-order valence-corrected chi connectivity index (χ3v) is 7.20. The number of hydrogen-bond donors (Lipinski definition) is 4. The number of aryl methyl sites for hydroxylation is 1. The molecule has 4 aromatic rings. The van der Waals surface area contributed by atoms with Crippen molar-refractivity contribution in [2.75, 3.05) is 39.5 Å². The predicted octanol–water partition coefficient (Wildman–Crippen LogP) is 4.01. The first-order valence-corrected chi connectivity index (χ1v) is 12.7. The highest BCUT2D eigenvalue weighted by molar-refractivity contribution is 6.02. The molecule has 1 aliphatic carbocycles. The zero-order valence-corrected chi connectivity index (χ0v) is 22.1. The van der Waals surface area contributed by atoms with E-state index >= 15 is 0 Å². The van der Waals surface area contributed by atoms with Crippen molar-refractivity contribution >= 4 is 27.9 Å². The molecule has 0 aliphatic heterocycles. The first-order valence-electron chi connectivity index (χ1n) is 12.7. The maximum absolute atomic E-state index is 13.9. The summed E-state index contributed by atoms with van der Waals surface area (Å²) in [4.78, 5) is 15.1. The molecule has 9 heteroatoms. The number of aromatic nitrogens is 4. The predicted molar refractivity (Wildman–Crippen MR) is 149 cm³/mol. The van der Waals surface area contributed by atoms with Gasteiger partial charge < -0.3 is 30.4 Å². The molecule has 5 rings (SSSR count). The Hall–Kier alpha value is -3.53. The number of halogens is 1. The molecule has 194 valence electrons. The average Bonchev–Trinajstić information content (AvgIpc) is 3.48. The van der Waals surface area contributed by atoms with Crippen LogP contribution in [0.15, 0.2) is 60.6 Å². The van der Waals surface area contributed by atoms with E-state index in [0.717, 1.165) is 58.4 Å². The number of H-pyrrole nitrogens is 1. The van der Waals surface area contributed by atoms with Crippen molar-refractivity contribution in [1.82, 2.24) is 35.1 Å². The van der Waals surface area contributed by atoms with Gasteiger partial charge in [0.15, 0.2) is 0 Å². The summed E-state index contributed by atoms with van der Waals surface area (Å²) in [6.07, 6.45) is 11.4. The average molecular weight is 503 g/mol. The lowest BCUT2D eigenvalue weighted by molar-refractivity contribution is 0.279. The van der Waals surface area contributed by atoms with Crippen molar-refractivity contribution in [2.24, 2.45) is 7.05 Å². The third kappa shape index (κ3) is 4.77. The number of allylic oxidation sites excluding steroid dienone is 1. The summed E-state index contributed by atoms with van der Waals surface area (Å²) in [6, 6.07) is 6.92. The van der Waals surface area contributed by atoms with Crippen LogP contribution in [0, 0.1) is 5.82 Å². The van der Waals surface area contributed by atoms with Gasteiger partial charge in [-0.25, -0.2) is 9.37 Å². The van der Waals surface area contributed by atoms with Crippen LogP contribution in [0.3, 0.4) is 0 Å². The SMILES string of the molecule is CCNC1C=C(Nc2nc(-c3cn(C)c4cc(F)ccc34)c3cc[nH]c3n2)C=CC1(CCN(C)C)NC. The summed E-state index contributed by atoms with van der Waals surface area (Å²) in [6.45, 7) is 3.94. The zero-order valence-electron chi connectivity index (χ0n) is 22.1. The van der Waals surface area contributed by atoms with Gasteiger partial charge in [-0.3, -0.25) is 0 Å². The van der Waals surface area contributed by atoms with E-state index in [-0.39, 0.29) is 17.4 Å². The second kappa shape index (κ2) is 10.1. The first kappa shape index (κ1) is 25.1. The van der Waals surface area contributed by atoms with E-state index in [1.165, 1.54) is 6.07 Å². The molecule has 8 nitrogen and oxygen atoms in total. The molecule has 2 atom stereocenters. The molecular weight excluding hydrogens is 467 g/mol. The molecule has 3 aromatic heterocycles. The lowest BCUT2D eigenvalue weighted by Crippen LogP contribution is -2.58. The molecule has 1 aromatic carbocycles. The van der Waals surface area contributed by atoms with E-state index in [4.69, 9.17) is 9.97 Å². The van der Waals surface area contributed by atoms with E-state index in [1.807, 2.05) is 43.2 Å². The van der Waals surface area contributed by atoms with E-state index in [0.29, 0.717) is 5.95 Å². The van der Waals surface area contributed by atoms with Gasteiger partial charge in [-0.15, -0.1) is 0 Å². The van der Waals surface area contributed by atoms with Gasteiger partial charge in [-0.05, 0) is 77.1 Å². The number of fused-ring (bicyclic) bond motifs is 2. The molecule has 37 heavy (non-hydrogen) atoms. The van der Waals surface area contributed by atoms with Crippen LogP contribution in [-0.4, -0.2) is 70.2 Å². The van der Waals surface area contributed by atoms with Crippen LogP contribution in [0.2, 0.25) is 0 Å². The number of anilines is 1. The maximum Gasteiger partial charge on any atom is 0.229 e. The molecular formula is C28H35FN8. The number of benzene rings is 1. The number of rotatable bonds is 9. The minimum absolute atomic E-state index is 0.0941. The highest BCUT2D eigenvalue weighted by Gasteiger charge is 2.35. The molecule has 3 heterocycles. The summed E-state index contributed by atoms with van der Waals surface area (Å²) in [5.41, 5.74) is 4.02. The molecule has 0 bridgehead atoms. The lowest BCUT2D eigenvalue weighted by atomic mass is 9.82. The number of hydrogen-bond acceptors (Lipinski definition) is 6. The Morgan fingerprint density at radius 1 is 1.19 bits per heavy atom. The Morgan fingerprint density at radius 3 is 2.78 bits per heavy atom. The van der Waals surface area contributed by atoms with Crippen LogP contribution in [0.25, 0.3) is 33.2 Å². The fourth-order valence-electron chi connectivity index (χ4n) is 5.16.